The van der Waals surface area contributed by atoms with Gasteiger partial charge in [-0.2, -0.15) is 0 Å². The van der Waals surface area contributed by atoms with Gasteiger partial charge >= 0.3 is 11.9 Å². The van der Waals surface area contributed by atoms with Crippen LogP contribution >= 0.6 is 0 Å². The highest BCUT2D eigenvalue weighted by atomic mass is 16.7. The Labute approximate surface area is 89.9 Å². The molecule has 3 heterocycles. The maximum atomic E-state index is 11.1. The van der Waals surface area contributed by atoms with Crippen molar-refractivity contribution in [3.63, 3.8) is 0 Å². The predicted octanol–water partition coefficient (Wildman–Crippen LogP) is -1.09. The topological polar surface area (TPSA) is 102 Å². The Balaban J connectivity index is 1.95. The molecule has 0 radical (unpaired) electrons. The summed E-state index contributed by atoms with van der Waals surface area (Å²) in [6, 6.07) is 0. The number of rotatable bonds is 2. The maximum Gasteiger partial charge on any atom is 0.310 e. The van der Waals surface area contributed by atoms with E-state index in [0.717, 1.165) is 0 Å². The lowest BCUT2D eigenvalue weighted by atomic mass is 9.76. The third-order valence-corrected chi connectivity index (χ3v) is 3.47. The van der Waals surface area contributed by atoms with Crippen molar-refractivity contribution in [3.05, 3.63) is 0 Å². The molecular formula is C9H10O7. The first-order chi connectivity index (χ1) is 7.61. The second kappa shape index (κ2) is 3.16. The van der Waals surface area contributed by atoms with E-state index in [4.69, 9.17) is 24.4 Å². The van der Waals surface area contributed by atoms with Crippen molar-refractivity contribution in [1.29, 1.82) is 0 Å². The van der Waals surface area contributed by atoms with Gasteiger partial charge in [-0.15, -0.1) is 0 Å². The summed E-state index contributed by atoms with van der Waals surface area (Å²) >= 11 is 0. The standard InChI is InChI=1S/C9H10O7/c10-8(11)2-3(9(12)13)5-7-6(4(2)16-5)14-1-15-7/h2-7H,1H2,(H,10,11)(H,12,13)/t2-,3+,4+,5-,6-,7-/m0/s1. The van der Waals surface area contributed by atoms with E-state index in [1.165, 1.54) is 0 Å². The van der Waals surface area contributed by atoms with Gasteiger partial charge in [-0.1, -0.05) is 0 Å². The van der Waals surface area contributed by atoms with E-state index in [9.17, 15) is 9.59 Å². The number of hydrogen-bond donors (Lipinski definition) is 2. The molecule has 3 aliphatic heterocycles. The molecule has 3 aliphatic rings. The van der Waals surface area contributed by atoms with Crippen LogP contribution in [0.4, 0.5) is 0 Å². The van der Waals surface area contributed by atoms with E-state index >= 15 is 0 Å². The summed E-state index contributed by atoms with van der Waals surface area (Å²) in [4.78, 5) is 22.1. The summed E-state index contributed by atoms with van der Waals surface area (Å²) in [5.74, 6) is -4.42. The minimum absolute atomic E-state index is 0.0738. The number of ether oxygens (including phenoxy) is 3. The molecule has 0 amide bonds. The Morgan fingerprint density at radius 2 is 1.31 bits per heavy atom. The van der Waals surface area contributed by atoms with Crippen LogP contribution in [0.15, 0.2) is 0 Å². The average molecular weight is 230 g/mol. The fourth-order valence-corrected chi connectivity index (χ4v) is 2.86. The lowest BCUT2D eigenvalue weighted by Crippen LogP contribution is -2.50. The predicted molar refractivity (Wildman–Crippen MR) is 45.5 cm³/mol. The zero-order chi connectivity index (χ0) is 11.4. The van der Waals surface area contributed by atoms with Gasteiger partial charge in [-0.3, -0.25) is 9.59 Å². The van der Waals surface area contributed by atoms with Crippen LogP contribution < -0.4 is 0 Å². The molecule has 7 heteroatoms. The van der Waals surface area contributed by atoms with E-state index in [-0.39, 0.29) is 6.79 Å². The fourth-order valence-electron chi connectivity index (χ4n) is 2.86. The van der Waals surface area contributed by atoms with Gasteiger partial charge in [0.2, 0.25) is 0 Å². The molecule has 0 spiro atoms. The lowest BCUT2D eigenvalue weighted by molar-refractivity contribution is -0.156. The SMILES string of the molecule is O=C(O)[C@@H]1[C@H]2O[C@H]([C@@H]3OCO[C@H]32)[C@@H]1C(=O)O. The molecular weight excluding hydrogens is 220 g/mol. The van der Waals surface area contributed by atoms with Gasteiger partial charge in [0.25, 0.3) is 0 Å². The van der Waals surface area contributed by atoms with Crippen LogP contribution in [0.1, 0.15) is 0 Å². The van der Waals surface area contributed by atoms with Gasteiger partial charge in [-0.05, 0) is 0 Å². The first kappa shape index (κ1) is 10.0. The van der Waals surface area contributed by atoms with Gasteiger partial charge in [0.15, 0.2) is 0 Å². The first-order valence-corrected chi connectivity index (χ1v) is 4.95. The fraction of sp³-hybridized carbons (Fsp3) is 0.778. The molecule has 2 N–H and O–H groups in total. The second-order valence-corrected chi connectivity index (χ2v) is 4.17. The van der Waals surface area contributed by atoms with Crippen molar-refractivity contribution in [2.24, 2.45) is 11.8 Å². The normalized spacial score (nSPS) is 49.2. The van der Waals surface area contributed by atoms with Crippen molar-refractivity contribution in [1.82, 2.24) is 0 Å². The van der Waals surface area contributed by atoms with Crippen molar-refractivity contribution in [3.8, 4) is 0 Å². The number of carbonyl (C=O) groups is 2. The Hall–Kier alpha value is -1.18. The summed E-state index contributed by atoms with van der Waals surface area (Å²) in [5.41, 5.74) is 0. The number of carboxylic acids is 2. The first-order valence-electron chi connectivity index (χ1n) is 4.95. The van der Waals surface area contributed by atoms with Gasteiger partial charge < -0.3 is 24.4 Å². The Morgan fingerprint density at radius 3 is 1.69 bits per heavy atom. The highest BCUT2D eigenvalue weighted by molar-refractivity contribution is 5.82. The third kappa shape index (κ3) is 1.07. The van der Waals surface area contributed by atoms with Gasteiger partial charge in [-0.25, -0.2) is 0 Å². The quantitative estimate of drug-likeness (QED) is 0.621. The number of carboxylic acid groups (broad SMARTS) is 2. The van der Waals surface area contributed by atoms with Crippen LogP contribution in [0, 0.1) is 11.8 Å². The summed E-state index contributed by atoms with van der Waals surface area (Å²) in [6.45, 7) is 0.0738. The molecule has 88 valence electrons. The van der Waals surface area contributed by atoms with Crippen LogP contribution in [-0.4, -0.2) is 53.4 Å². The van der Waals surface area contributed by atoms with Gasteiger partial charge in [0, 0.05) is 0 Å². The van der Waals surface area contributed by atoms with Crippen molar-refractivity contribution < 1.29 is 34.0 Å². The van der Waals surface area contributed by atoms with Crippen molar-refractivity contribution >= 4 is 11.9 Å². The summed E-state index contributed by atoms with van der Waals surface area (Å²) in [7, 11) is 0. The van der Waals surface area contributed by atoms with E-state index in [1.54, 1.807) is 0 Å². The molecule has 0 unspecified atom stereocenters. The van der Waals surface area contributed by atoms with Crippen LogP contribution in [0.3, 0.4) is 0 Å². The Bertz CT molecular complexity index is 322. The third-order valence-electron chi connectivity index (χ3n) is 3.47. The molecule has 0 aliphatic carbocycles. The molecule has 16 heavy (non-hydrogen) atoms. The molecule has 0 aromatic heterocycles. The summed E-state index contributed by atoms with van der Waals surface area (Å²) in [6.07, 6.45) is -2.31. The molecule has 0 aromatic carbocycles. The minimum Gasteiger partial charge on any atom is -0.481 e. The van der Waals surface area contributed by atoms with Gasteiger partial charge in [0.05, 0.1) is 0 Å². The van der Waals surface area contributed by atoms with Crippen LogP contribution in [-0.2, 0) is 23.8 Å². The van der Waals surface area contributed by atoms with E-state index in [1.807, 2.05) is 0 Å². The van der Waals surface area contributed by atoms with Crippen LogP contribution in [0.25, 0.3) is 0 Å². The monoisotopic (exact) mass is 230 g/mol. The minimum atomic E-state index is -1.16. The Morgan fingerprint density at radius 1 is 0.875 bits per heavy atom. The molecule has 7 nitrogen and oxygen atoms in total. The molecule has 0 saturated carbocycles. The average Bonchev–Trinajstić information content (AvgIpc) is 2.87. The zero-order valence-corrected chi connectivity index (χ0v) is 8.11. The van der Waals surface area contributed by atoms with E-state index < -0.39 is 48.2 Å². The van der Waals surface area contributed by atoms with Crippen molar-refractivity contribution in [2.45, 2.75) is 24.4 Å². The largest absolute Gasteiger partial charge is 0.481 e. The molecule has 3 rings (SSSR count). The van der Waals surface area contributed by atoms with Crippen LogP contribution in [0.5, 0.6) is 0 Å². The molecule has 3 fully saturated rings. The summed E-state index contributed by atoms with van der Waals surface area (Å²) < 4.78 is 15.8. The number of fused-ring (bicyclic) bond motifs is 5. The Kier molecular flexibility index (Phi) is 1.97. The zero-order valence-electron chi connectivity index (χ0n) is 8.11. The lowest BCUT2D eigenvalue weighted by Gasteiger charge is -2.27. The second-order valence-electron chi connectivity index (χ2n) is 4.17. The van der Waals surface area contributed by atoms with Gasteiger partial charge in [0.1, 0.15) is 43.0 Å². The molecule has 2 bridgehead atoms. The van der Waals surface area contributed by atoms with E-state index in [0.29, 0.717) is 0 Å². The van der Waals surface area contributed by atoms with E-state index in [2.05, 4.69) is 0 Å². The highest BCUT2D eigenvalue weighted by Gasteiger charge is 2.67. The number of hydrogen-bond acceptors (Lipinski definition) is 5. The smallest absolute Gasteiger partial charge is 0.310 e. The highest BCUT2D eigenvalue weighted by Crippen LogP contribution is 2.48. The molecule has 3 saturated heterocycles. The molecule has 6 atom stereocenters. The van der Waals surface area contributed by atoms with Crippen molar-refractivity contribution in [2.75, 3.05) is 6.79 Å². The number of aliphatic carboxylic acids is 2. The van der Waals surface area contributed by atoms with Crippen LogP contribution in [0.2, 0.25) is 0 Å². The molecule has 0 aromatic rings. The maximum absolute atomic E-state index is 11.1. The summed E-state index contributed by atoms with van der Waals surface area (Å²) in [5, 5.41) is 18.1.